The van der Waals surface area contributed by atoms with Crippen LogP contribution in [0.5, 0.6) is 5.75 Å². The largest absolute Gasteiger partial charge is 0.497 e. The van der Waals surface area contributed by atoms with E-state index < -0.39 is 15.6 Å². The minimum atomic E-state index is -3.47. The van der Waals surface area contributed by atoms with E-state index >= 15 is 0 Å². The summed E-state index contributed by atoms with van der Waals surface area (Å²) >= 11 is 0. The number of methoxy groups -OCH3 is 1. The van der Waals surface area contributed by atoms with Crippen LogP contribution in [-0.4, -0.2) is 26.4 Å². The van der Waals surface area contributed by atoms with E-state index in [4.69, 9.17) is 4.74 Å². The molecule has 0 aromatic heterocycles. The molecule has 0 spiro atoms. The van der Waals surface area contributed by atoms with Crippen LogP contribution in [-0.2, 0) is 15.6 Å². The minimum Gasteiger partial charge on any atom is -0.497 e. The van der Waals surface area contributed by atoms with Crippen LogP contribution in [0.3, 0.4) is 0 Å². The molecule has 0 N–H and O–H groups in total. The summed E-state index contributed by atoms with van der Waals surface area (Å²) < 4.78 is 31.9. The fraction of sp³-hybridized carbons (Fsp3) is 0.250. The summed E-state index contributed by atoms with van der Waals surface area (Å²) in [5.41, 5.74) is 0.571. The lowest BCUT2D eigenvalue weighted by Gasteiger charge is -2.13. The first kappa shape index (κ1) is 14.1. The monoisotopic (exact) mass is 303 g/mol. The zero-order valence-corrected chi connectivity index (χ0v) is 12.8. The van der Waals surface area contributed by atoms with Gasteiger partial charge in [-0.25, -0.2) is 8.42 Å². The smallest absolute Gasteiger partial charge is 0.244 e. The molecule has 0 amide bonds. The molecule has 3 rings (SSSR count). The Morgan fingerprint density at radius 1 is 1.05 bits per heavy atom. The average molecular weight is 303 g/mol. The van der Waals surface area contributed by atoms with Crippen LogP contribution in [0.4, 0.5) is 0 Å². The standard InChI is InChI=1S/C16H17NO3S/c1-16(13-6-4-3-5-7-13)12-17(16)21(18,19)15-10-8-14(20-2)9-11-15/h3-11H,12H2,1-2H3. The molecular weight excluding hydrogens is 286 g/mol. The summed E-state index contributed by atoms with van der Waals surface area (Å²) in [5.74, 6) is 0.644. The zero-order chi connectivity index (χ0) is 15.1. The van der Waals surface area contributed by atoms with Crippen LogP contribution >= 0.6 is 0 Å². The van der Waals surface area contributed by atoms with E-state index in [1.54, 1.807) is 31.4 Å². The average Bonchev–Trinajstić information content (AvgIpc) is 3.23. The van der Waals surface area contributed by atoms with Crippen LogP contribution in [0.25, 0.3) is 0 Å². The highest BCUT2D eigenvalue weighted by atomic mass is 32.2. The van der Waals surface area contributed by atoms with E-state index in [2.05, 4.69) is 0 Å². The fourth-order valence-corrected chi connectivity index (χ4v) is 4.29. The molecule has 1 saturated heterocycles. The number of nitrogens with zero attached hydrogens (tertiary/aromatic N) is 1. The van der Waals surface area contributed by atoms with E-state index in [0.29, 0.717) is 17.2 Å². The van der Waals surface area contributed by atoms with Crippen LogP contribution in [0.1, 0.15) is 12.5 Å². The van der Waals surface area contributed by atoms with E-state index in [1.165, 1.54) is 4.31 Å². The maximum Gasteiger partial charge on any atom is 0.244 e. The Bertz CT molecular complexity index is 741. The van der Waals surface area contributed by atoms with Crippen molar-refractivity contribution in [3.05, 3.63) is 60.2 Å². The number of hydrogen-bond donors (Lipinski definition) is 0. The molecule has 21 heavy (non-hydrogen) atoms. The van der Waals surface area contributed by atoms with Gasteiger partial charge in [0.25, 0.3) is 0 Å². The molecule has 1 fully saturated rings. The molecular formula is C16H17NO3S. The van der Waals surface area contributed by atoms with Crippen molar-refractivity contribution in [1.82, 2.24) is 4.31 Å². The highest BCUT2D eigenvalue weighted by Gasteiger charge is 2.56. The van der Waals surface area contributed by atoms with Crippen LogP contribution < -0.4 is 4.74 Å². The molecule has 1 heterocycles. The maximum atomic E-state index is 12.7. The summed E-state index contributed by atoms with van der Waals surface area (Å²) in [7, 11) is -1.91. The summed E-state index contributed by atoms with van der Waals surface area (Å²) in [6.07, 6.45) is 0. The number of rotatable bonds is 4. The molecule has 2 atom stereocenters. The lowest BCUT2D eigenvalue weighted by atomic mass is 10.0. The van der Waals surface area contributed by atoms with Gasteiger partial charge < -0.3 is 4.74 Å². The Balaban J connectivity index is 1.90. The molecule has 1 aliphatic rings. The number of hydrogen-bond acceptors (Lipinski definition) is 3. The van der Waals surface area contributed by atoms with Crippen molar-refractivity contribution < 1.29 is 13.2 Å². The van der Waals surface area contributed by atoms with Gasteiger partial charge in [-0.1, -0.05) is 30.3 Å². The van der Waals surface area contributed by atoms with Crippen molar-refractivity contribution in [2.45, 2.75) is 17.4 Å². The Hall–Kier alpha value is -1.85. The molecule has 2 aromatic carbocycles. The minimum absolute atomic E-state index is 0.294. The first-order valence-electron chi connectivity index (χ1n) is 6.71. The van der Waals surface area contributed by atoms with Gasteiger partial charge >= 0.3 is 0 Å². The molecule has 0 saturated carbocycles. The Morgan fingerprint density at radius 2 is 1.67 bits per heavy atom. The molecule has 2 unspecified atom stereocenters. The van der Waals surface area contributed by atoms with Gasteiger partial charge in [-0.05, 0) is 36.8 Å². The number of benzene rings is 2. The maximum absolute atomic E-state index is 12.7. The van der Waals surface area contributed by atoms with Crippen LogP contribution in [0, 0.1) is 0 Å². The normalized spacial score (nSPS) is 24.6. The van der Waals surface area contributed by atoms with Gasteiger partial charge in [0.1, 0.15) is 5.75 Å². The van der Waals surface area contributed by atoms with Gasteiger partial charge in [-0.2, -0.15) is 4.31 Å². The van der Waals surface area contributed by atoms with Gasteiger partial charge in [0.05, 0.1) is 17.5 Å². The highest BCUT2D eigenvalue weighted by Crippen LogP contribution is 2.46. The van der Waals surface area contributed by atoms with Gasteiger partial charge in [-0.3, -0.25) is 0 Å². The topological polar surface area (TPSA) is 46.4 Å². The zero-order valence-electron chi connectivity index (χ0n) is 12.0. The van der Waals surface area contributed by atoms with Crippen molar-refractivity contribution in [2.24, 2.45) is 0 Å². The predicted molar refractivity (Wildman–Crippen MR) is 80.7 cm³/mol. The second kappa shape index (κ2) is 4.86. The molecule has 0 radical (unpaired) electrons. The molecule has 1 aliphatic heterocycles. The molecule has 2 aromatic rings. The first-order chi connectivity index (χ1) is 9.98. The predicted octanol–water partition coefficient (Wildman–Crippen LogP) is 2.61. The number of ether oxygens (including phenoxy) is 1. The highest BCUT2D eigenvalue weighted by molar-refractivity contribution is 7.89. The quantitative estimate of drug-likeness (QED) is 0.816. The molecule has 110 valence electrons. The van der Waals surface area contributed by atoms with Crippen LogP contribution in [0.2, 0.25) is 0 Å². The Labute approximate surface area is 125 Å². The number of sulfonamides is 1. The van der Waals surface area contributed by atoms with Crippen LogP contribution in [0.15, 0.2) is 59.5 Å². The van der Waals surface area contributed by atoms with Crippen molar-refractivity contribution in [1.29, 1.82) is 0 Å². The summed E-state index contributed by atoms with van der Waals surface area (Å²) in [6, 6.07) is 16.2. The molecule has 0 aliphatic carbocycles. The third kappa shape index (κ3) is 2.32. The van der Waals surface area contributed by atoms with Gasteiger partial charge in [0, 0.05) is 6.54 Å². The molecule has 0 bridgehead atoms. The molecule has 5 heteroatoms. The summed E-state index contributed by atoms with van der Waals surface area (Å²) in [4.78, 5) is 0.294. The SMILES string of the molecule is COc1ccc(S(=O)(=O)N2CC2(C)c2ccccc2)cc1. The van der Waals surface area contributed by atoms with Crippen molar-refractivity contribution >= 4 is 10.0 Å². The van der Waals surface area contributed by atoms with Gasteiger partial charge in [-0.15, -0.1) is 0 Å². The van der Waals surface area contributed by atoms with E-state index in [-0.39, 0.29) is 0 Å². The first-order valence-corrected chi connectivity index (χ1v) is 8.15. The third-order valence-corrected chi connectivity index (χ3v) is 5.92. The summed E-state index contributed by atoms with van der Waals surface area (Å²) in [5, 5.41) is 0. The lowest BCUT2D eigenvalue weighted by Crippen LogP contribution is -2.19. The van der Waals surface area contributed by atoms with Gasteiger partial charge in [0.15, 0.2) is 0 Å². The van der Waals surface area contributed by atoms with E-state index in [0.717, 1.165) is 5.56 Å². The van der Waals surface area contributed by atoms with Gasteiger partial charge in [0.2, 0.25) is 10.0 Å². The van der Waals surface area contributed by atoms with E-state index in [9.17, 15) is 8.42 Å². The van der Waals surface area contributed by atoms with Crippen molar-refractivity contribution in [2.75, 3.05) is 13.7 Å². The molecule has 4 nitrogen and oxygen atoms in total. The second-order valence-corrected chi connectivity index (χ2v) is 7.19. The van der Waals surface area contributed by atoms with Crippen molar-refractivity contribution in [3.63, 3.8) is 0 Å². The van der Waals surface area contributed by atoms with Crippen molar-refractivity contribution in [3.8, 4) is 5.75 Å². The van der Waals surface area contributed by atoms with E-state index in [1.807, 2.05) is 37.3 Å². The Morgan fingerprint density at radius 3 is 2.24 bits per heavy atom. The summed E-state index contributed by atoms with van der Waals surface area (Å²) in [6.45, 7) is 2.45. The second-order valence-electron chi connectivity index (χ2n) is 5.33. The Kier molecular flexibility index (Phi) is 3.26. The fourth-order valence-electron chi connectivity index (χ4n) is 2.50. The lowest BCUT2D eigenvalue weighted by molar-refractivity contribution is 0.414. The third-order valence-electron chi connectivity index (χ3n) is 3.94.